The van der Waals surface area contributed by atoms with Crippen LogP contribution in [0.15, 0.2) is 18.2 Å². The molecule has 0 radical (unpaired) electrons. The van der Waals surface area contributed by atoms with E-state index in [4.69, 9.17) is 34.8 Å². The van der Waals surface area contributed by atoms with Crippen molar-refractivity contribution < 1.29 is 4.79 Å². The molecule has 0 aliphatic heterocycles. The van der Waals surface area contributed by atoms with E-state index in [1.165, 1.54) is 0 Å². The largest absolute Gasteiger partial charge is 0.320 e. The fraction of sp³-hybridized carbons (Fsp3) is 0.250. The van der Waals surface area contributed by atoms with Crippen LogP contribution in [-0.2, 0) is 3.79 Å². The van der Waals surface area contributed by atoms with E-state index in [1.54, 1.807) is 0 Å². The molecule has 20 heavy (non-hydrogen) atoms. The lowest BCUT2D eigenvalue weighted by Crippen LogP contribution is -2.12. The number of rotatable bonds is 2. The first-order valence-electron chi connectivity index (χ1n) is 5.57. The third-order valence-corrected chi connectivity index (χ3v) is 4.63. The average Bonchev–Trinajstić information content (AvgIpc) is 2.84. The molecule has 0 saturated heterocycles. The fourth-order valence-electron chi connectivity index (χ4n) is 1.49. The van der Waals surface area contributed by atoms with Gasteiger partial charge in [0.1, 0.15) is 0 Å². The maximum Gasteiger partial charge on any atom is 0.286 e. The summed E-state index contributed by atoms with van der Waals surface area (Å²) in [4.78, 5) is 12.1. The molecule has 0 fully saturated rings. The van der Waals surface area contributed by atoms with Gasteiger partial charge < -0.3 is 5.32 Å². The zero-order valence-corrected chi connectivity index (χ0v) is 13.7. The van der Waals surface area contributed by atoms with Gasteiger partial charge in [-0.15, -0.1) is 10.2 Å². The smallest absolute Gasteiger partial charge is 0.286 e. The molecule has 2 aromatic rings. The maximum atomic E-state index is 12.1. The standard InChI is InChI=1S/C12H10Cl3N3OS/c1-6-4-3-5-8(7(6)2)16-9(19)10-17-18-11(20-10)12(13,14)15/h3-5H,1-2H3,(H,16,19). The van der Waals surface area contributed by atoms with Crippen molar-refractivity contribution in [2.45, 2.75) is 17.6 Å². The van der Waals surface area contributed by atoms with Crippen LogP contribution in [0.25, 0.3) is 0 Å². The van der Waals surface area contributed by atoms with E-state index < -0.39 is 3.79 Å². The number of benzene rings is 1. The van der Waals surface area contributed by atoms with E-state index in [2.05, 4.69) is 15.5 Å². The summed E-state index contributed by atoms with van der Waals surface area (Å²) in [6.45, 7) is 3.90. The van der Waals surface area contributed by atoms with Gasteiger partial charge in [-0.2, -0.15) is 0 Å². The first kappa shape index (κ1) is 15.5. The number of halogens is 3. The number of anilines is 1. The van der Waals surface area contributed by atoms with Crippen molar-refractivity contribution in [3.8, 4) is 0 Å². The second kappa shape index (κ2) is 5.85. The SMILES string of the molecule is Cc1cccc(NC(=O)c2nnc(C(Cl)(Cl)Cl)s2)c1C. The third-order valence-electron chi connectivity index (χ3n) is 2.71. The Morgan fingerprint density at radius 3 is 2.55 bits per heavy atom. The van der Waals surface area contributed by atoms with Crippen LogP contribution in [0.4, 0.5) is 5.69 Å². The molecular weight excluding hydrogens is 341 g/mol. The number of nitrogens with one attached hydrogen (secondary N) is 1. The van der Waals surface area contributed by atoms with Crippen LogP contribution in [0.2, 0.25) is 0 Å². The number of alkyl halides is 3. The molecule has 106 valence electrons. The van der Waals surface area contributed by atoms with Gasteiger partial charge in [-0.25, -0.2) is 0 Å². The number of aryl methyl sites for hydroxylation is 1. The summed E-state index contributed by atoms with van der Waals surface area (Å²) in [7, 11) is 0. The highest BCUT2D eigenvalue weighted by Crippen LogP contribution is 2.39. The molecule has 1 N–H and O–H groups in total. The van der Waals surface area contributed by atoms with Crippen LogP contribution in [0.5, 0.6) is 0 Å². The Balaban J connectivity index is 2.20. The molecule has 0 atom stereocenters. The Bertz CT molecular complexity index is 652. The van der Waals surface area contributed by atoms with Crippen molar-refractivity contribution in [2.75, 3.05) is 5.32 Å². The third kappa shape index (κ3) is 3.41. The molecule has 0 saturated carbocycles. The molecule has 1 aromatic heterocycles. The van der Waals surface area contributed by atoms with Gasteiger partial charge >= 0.3 is 0 Å². The predicted molar refractivity (Wildman–Crippen MR) is 83.0 cm³/mol. The number of nitrogens with zero attached hydrogens (tertiary/aromatic N) is 2. The highest BCUT2D eigenvalue weighted by Gasteiger charge is 2.29. The van der Waals surface area contributed by atoms with Crippen molar-refractivity contribution in [1.82, 2.24) is 10.2 Å². The topological polar surface area (TPSA) is 54.9 Å². The molecule has 0 spiro atoms. The monoisotopic (exact) mass is 349 g/mol. The van der Waals surface area contributed by atoms with Gasteiger partial charge in [0, 0.05) is 5.69 Å². The Labute approximate surface area is 135 Å². The zero-order valence-electron chi connectivity index (χ0n) is 10.6. The molecule has 0 aliphatic rings. The van der Waals surface area contributed by atoms with Crippen molar-refractivity contribution in [1.29, 1.82) is 0 Å². The molecule has 0 bridgehead atoms. The van der Waals surface area contributed by atoms with Gasteiger partial charge in [-0.3, -0.25) is 4.79 Å². The molecule has 1 heterocycles. The first-order chi connectivity index (χ1) is 9.29. The van der Waals surface area contributed by atoms with Crippen LogP contribution >= 0.6 is 46.1 Å². The van der Waals surface area contributed by atoms with Crippen molar-refractivity contribution in [3.05, 3.63) is 39.3 Å². The van der Waals surface area contributed by atoms with Gasteiger partial charge in [0.15, 0.2) is 5.01 Å². The number of amides is 1. The lowest BCUT2D eigenvalue weighted by Gasteiger charge is -2.08. The van der Waals surface area contributed by atoms with Crippen molar-refractivity contribution in [2.24, 2.45) is 0 Å². The molecule has 1 aromatic carbocycles. The van der Waals surface area contributed by atoms with E-state index in [-0.39, 0.29) is 15.9 Å². The van der Waals surface area contributed by atoms with Gasteiger partial charge in [0.2, 0.25) is 8.80 Å². The number of hydrogen-bond donors (Lipinski definition) is 1. The van der Waals surface area contributed by atoms with Crippen LogP contribution in [0.3, 0.4) is 0 Å². The maximum absolute atomic E-state index is 12.1. The Kier molecular flexibility index (Phi) is 4.54. The molecule has 4 nitrogen and oxygen atoms in total. The summed E-state index contributed by atoms with van der Waals surface area (Å²) >= 11 is 18.0. The number of carbonyl (C=O) groups is 1. The van der Waals surface area contributed by atoms with Crippen LogP contribution in [0, 0.1) is 13.8 Å². The minimum atomic E-state index is -1.67. The molecule has 0 aliphatic carbocycles. The lowest BCUT2D eigenvalue weighted by atomic mass is 10.1. The summed E-state index contributed by atoms with van der Waals surface area (Å²) in [5.74, 6) is -0.378. The second-order valence-electron chi connectivity index (χ2n) is 4.11. The van der Waals surface area contributed by atoms with Gasteiger partial charge in [0.25, 0.3) is 5.91 Å². The van der Waals surface area contributed by atoms with E-state index in [0.717, 1.165) is 28.2 Å². The van der Waals surface area contributed by atoms with Gasteiger partial charge in [0.05, 0.1) is 0 Å². The Morgan fingerprint density at radius 1 is 1.25 bits per heavy atom. The molecule has 1 amide bonds. The molecular formula is C12H10Cl3N3OS. The highest BCUT2D eigenvalue weighted by molar-refractivity contribution is 7.14. The summed E-state index contributed by atoms with van der Waals surface area (Å²) in [5, 5.41) is 10.5. The summed E-state index contributed by atoms with van der Waals surface area (Å²) < 4.78 is -1.67. The quantitative estimate of drug-likeness (QED) is 0.824. The molecule has 8 heteroatoms. The Hall–Kier alpha value is -0.880. The fourth-order valence-corrected chi connectivity index (χ4v) is 2.56. The summed E-state index contributed by atoms with van der Waals surface area (Å²) in [6, 6.07) is 5.65. The highest BCUT2D eigenvalue weighted by atomic mass is 35.6. The molecule has 0 unspecified atom stereocenters. The second-order valence-corrected chi connectivity index (χ2v) is 7.37. The van der Waals surface area contributed by atoms with E-state index in [1.807, 2.05) is 32.0 Å². The number of hydrogen-bond acceptors (Lipinski definition) is 4. The minimum absolute atomic E-state index is 0.146. The van der Waals surface area contributed by atoms with E-state index >= 15 is 0 Å². The van der Waals surface area contributed by atoms with Crippen LogP contribution in [0.1, 0.15) is 25.9 Å². The zero-order chi connectivity index (χ0) is 14.9. The van der Waals surface area contributed by atoms with Crippen LogP contribution in [-0.4, -0.2) is 16.1 Å². The van der Waals surface area contributed by atoms with Gasteiger partial charge in [-0.05, 0) is 31.0 Å². The number of aromatic nitrogens is 2. The van der Waals surface area contributed by atoms with Crippen LogP contribution < -0.4 is 5.32 Å². The summed E-state index contributed by atoms with van der Waals surface area (Å²) in [5.41, 5.74) is 2.80. The van der Waals surface area contributed by atoms with E-state index in [9.17, 15) is 4.79 Å². The normalized spacial score (nSPS) is 11.4. The average molecular weight is 351 g/mol. The predicted octanol–water partition coefficient (Wildman–Crippen LogP) is 4.23. The van der Waals surface area contributed by atoms with Gasteiger partial charge in [-0.1, -0.05) is 58.3 Å². The summed E-state index contributed by atoms with van der Waals surface area (Å²) in [6.07, 6.45) is 0. The van der Waals surface area contributed by atoms with Crippen molar-refractivity contribution in [3.63, 3.8) is 0 Å². The first-order valence-corrected chi connectivity index (χ1v) is 7.52. The number of carbonyl (C=O) groups excluding carboxylic acids is 1. The molecule has 2 rings (SSSR count). The minimum Gasteiger partial charge on any atom is -0.320 e. The lowest BCUT2D eigenvalue weighted by molar-refractivity contribution is 0.102. The van der Waals surface area contributed by atoms with E-state index in [0.29, 0.717) is 0 Å². The Morgan fingerprint density at radius 2 is 1.95 bits per heavy atom. The van der Waals surface area contributed by atoms with Crippen molar-refractivity contribution >= 4 is 57.7 Å².